The summed E-state index contributed by atoms with van der Waals surface area (Å²) in [7, 11) is 0. The Balaban J connectivity index is 3.45. The van der Waals surface area contributed by atoms with Gasteiger partial charge in [0.1, 0.15) is 18.8 Å². The van der Waals surface area contributed by atoms with Gasteiger partial charge in [0.05, 0.1) is 0 Å². The summed E-state index contributed by atoms with van der Waals surface area (Å²) in [6, 6.07) is 0. The Morgan fingerprint density at radius 2 is 2.09 bits per heavy atom. The SMILES string of the molecule is CC=CCOC(=O)CC(C)=O. The normalized spacial score (nSPS) is 10.0. The first-order chi connectivity index (χ1) is 5.16. The van der Waals surface area contributed by atoms with Crippen LogP contribution in [0, 0.1) is 0 Å². The molecule has 0 saturated heterocycles. The van der Waals surface area contributed by atoms with Gasteiger partial charge in [-0.2, -0.15) is 0 Å². The number of Topliss-reactive ketones (excluding diaryl/α,β-unsaturated/α-hetero) is 1. The Kier molecular flexibility index (Phi) is 5.07. The predicted octanol–water partition coefficient (Wildman–Crippen LogP) is 1.08. The van der Waals surface area contributed by atoms with Crippen LogP contribution in [0.4, 0.5) is 0 Å². The van der Waals surface area contributed by atoms with Crippen LogP contribution in [0.5, 0.6) is 0 Å². The highest BCUT2D eigenvalue weighted by atomic mass is 16.5. The van der Waals surface area contributed by atoms with E-state index < -0.39 is 5.97 Å². The fourth-order valence-corrected chi connectivity index (χ4v) is 0.492. The lowest BCUT2D eigenvalue weighted by atomic mass is 10.3. The van der Waals surface area contributed by atoms with Gasteiger partial charge in [0.15, 0.2) is 0 Å². The molecule has 0 fully saturated rings. The summed E-state index contributed by atoms with van der Waals surface area (Å²) in [5.41, 5.74) is 0. The maximum absolute atomic E-state index is 10.7. The molecule has 0 saturated carbocycles. The molecule has 0 rings (SSSR count). The Labute approximate surface area is 66.0 Å². The summed E-state index contributed by atoms with van der Waals surface area (Å²) in [4.78, 5) is 21.0. The summed E-state index contributed by atoms with van der Waals surface area (Å²) in [6.07, 6.45) is 3.36. The molecule has 0 aliphatic carbocycles. The molecule has 0 heterocycles. The maximum atomic E-state index is 10.7. The molecule has 0 aliphatic heterocycles. The molecule has 0 radical (unpaired) electrons. The van der Waals surface area contributed by atoms with Crippen molar-refractivity contribution in [3.8, 4) is 0 Å². The molecular formula is C8H12O3. The smallest absolute Gasteiger partial charge is 0.313 e. The monoisotopic (exact) mass is 156 g/mol. The van der Waals surface area contributed by atoms with Crippen LogP contribution in [0.3, 0.4) is 0 Å². The van der Waals surface area contributed by atoms with E-state index in [-0.39, 0.29) is 18.8 Å². The Morgan fingerprint density at radius 1 is 1.45 bits per heavy atom. The van der Waals surface area contributed by atoms with E-state index in [1.807, 2.05) is 6.92 Å². The number of hydrogen-bond acceptors (Lipinski definition) is 3. The van der Waals surface area contributed by atoms with Gasteiger partial charge in [-0.3, -0.25) is 9.59 Å². The van der Waals surface area contributed by atoms with Crippen LogP contribution in [0.1, 0.15) is 20.3 Å². The van der Waals surface area contributed by atoms with Crippen LogP contribution in [0.2, 0.25) is 0 Å². The first kappa shape index (κ1) is 9.88. The zero-order valence-electron chi connectivity index (χ0n) is 6.79. The van der Waals surface area contributed by atoms with E-state index in [9.17, 15) is 9.59 Å². The molecule has 0 aliphatic rings. The third-order valence-electron chi connectivity index (χ3n) is 0.970. The first-order valence-corrected chi connectivity index (χ1v) is 3.43. The van der Waals surface area contributed by atoms with E-state index >= 15 is 0 Å². The van der Waals surface area contributed by atoms with Gasteiger partial charge in [-0.05, 0) is 13.8 Å². The van der Waals surface area contributed by atoms with Gasteiger partial charge < -0.3 is 4.74 Å². The quantitative estimate of drug-likeness (QED) is 0.347. The molecule has 0 amide bonds. The number of hydrogen-bond donors (Lipinski definition) is 0. The molecule has 11 heavy (non-hydrogen) atoms. The molecule has 3 nitrogen and oxygen atoms in total. The van der Waals surface area contributed by atoms with E-state index in [4.69, 9.17) is 0 Å². The minimum atomic E-state index is -0.462. The molecule has 0 aromatic rings. The average Bonchev–Trinajstić information content (AvgIpc) is 1.86. The van der Waals surface area contributed by atoms with E-state index in [0.717, 1.165) is 0 Å². The van der Waals surface area contributed by atoms with E-state index in [1.54, 1.807) is 12.2 Å². The molecule has 0 aromatic heterocycles. The summed E-state index contributed by atoms with van der Waals surface area (Å²) in [6.45, 7) is 3.44. The molecule has 0 atom stereocenters. The fourth-order valence-electron chi connectivity index (χ4n) is 0.492. The minimum absolute atomic E-state index is 0.127. The first-order valence-electron chi connectivity index (χ1n) is 3.43. The Hall–Kier alpha value is -1.12. The predicted molar refractivity (Wildman–Crippen MR) is 41.1 cm³/mol. The van der Waals surface area contributed by atoms with Crippen molar-refractivity contribution in [3.63, 3.8) is 0 Å². The van der Waals surface area contributed by atoms with E-state index in [0.29, 0.717) is 0 Å². The largest absolute Gasteiger partial charge is 0.461 e. The molecule has 0 bridgehead atoms. The fraction of sp³-hybridized carbons (Fsp3) is 0.500. The molecule has 0 spiro atoms. The zero-order chi connectivity index (χ0) is 8.69. The maximum Gasteiger partial charge on any atom is 0.313 e. The van der Waals surface area contributed by atoms with Gasteiger partial charge >= 0.3 is 5.97 Å². The Bertz CT molecular complexity index is 170. The molecular weight excluding hydrogens is 144 g/mol. The highest BCUT2D eigenvalue weighted by molar-refractivity contribution is 5.94. The average molecular weight is 156 g/mol. The van der Waals surface area contributed by atoms with Crippen molar-refractivity contribution < 1.29 is 14.3 Å². The summed E-state index contributed by atoms with van der Waals surface area (Å²) in [5, 5.41) is 0. The lowest BCUT2D eigenvalue weighted by molar-refractivity contribution is -0.144. The third-order valence-corrected chi connectivity index (χ3v) is 0.970. The van der Waals surface area contributed by atoms with Crippen molar-refractivity contribution >= 4 is 11.8 Å². The van der Waals surface area contributed by atoms with Gasteiger partial charge in [-0.1, -0.05) is 12.2 Å². The van der Waals surface area contributed by atoms with Crippen molar-refractivity contribution in [2.45, 2.75) is 20.3 Å². The standard InChI is InChI=1S/C8H12O3/c1-3-4-5-11-8(10)6-7(2)9/h3-4H,5-6H2,1-2H3. The van der Waals surface area contributed by atoms with Gasteiger partial charge in [0, 0.05) is 0 Å². The zero-order valence-corrected chi connectivity index (χ0v) is 6.79. The third kappa shape index (κ3) is 6.77. The number of carbonyl (C=O) groups excluding carboxylic acids is 2. The van der Waals surface area contributed by atoms with Crippen molar-refractivity contribution in [2.24, 2.45) is 0 Å². The van der Waals surface area contributed by atoms with Crippen LogP contribution >= 0.6 is 0 Å². The van der Waals surface area contributed by atoms with E-state index in [1.165, 1.54) is 6.92 Å². The van der Waals surface area contributed by atoms with Crippen molar-refractivity contribution in [2.75, 3.05) is 6.61 Å². The van der Waals surface area contributed by atoms with Crippen molar-refractivity contribution in [1.82, 2.24) is 0 Å². The van der Waals surface area contributed by atoms with E-state index in [2.05, 4.69) is 4.74 Å². The van der Waals surface area contributed by atoms with Crippen LogP contribution in [0.25, 0.3) is 0 Å². The van der Waals surface area contributed by atoms with Crippen molar-refractivity contribution in [1.29, 1.82) is 0 Å². The van der Waals surface area contributed by atoms with Gasteiger partial charge in [0.2, 0.25) is 0 Å². The number of ketones is 1. The second-order valence-corrected chi connectivity index (χ2v) is 2.13. The molecule has 62 valence electrons. The molecule has 0 unspecified atom stereocenters. The lowest BCUT2D eigenvalue weighted by Gasteiger charge is -1.97. The van der Waals surface area contributed by atoms with Crippen LogP contribution < -0.4 is 0 Å². The second-order valence-electron chi connectivity index (χ2n) is 2.13. The highest BCUT2D eigenvalue weighted by Crippen LogP contribution is 1.87. The number of ether oxygens (including phenoxy) is 1. The molecule has 0 aromatic carbocycles. The van der Waals surface area contributed by atoms with Gasteiger partial charge in [0.25, 0.3) is 0 Å². The highest BCUT2D eigenvalue weighted by Gasteiger charge is 2.03. The van der Waals surface area contributed by atoms with Gasteiger partial charge in [-0.15, -0.1) is 0 Å². The summed E-state index contributed by atoms with van der Waals surface area (Å²) in [5.74, 6) is -0.633. The lowest BCUT2D eigenvalue weighted by Crippen LogP contribution is -2.08. The molecule has 3 heteroatoms. The number of carbonyl (C=O) groups is 2. The van der Waals surface area contributed by atoms with Gasteiger partial charge in [-0.25, -0.2) is 0 Å². The topological polar surface area (TPSA) is 43.4 Å². The van der Waals surface area contributed by atoms with Crippen molar-refractivity contribution in [3.05, 3.63) is 12.2 Å². The number of rotatable bonds is 4. The van der Waals surface area contributed by atoms with Crippen LogP contribution in [-0.4, -0.2) is 18.4 Å². The van der Waals surface area contributed by atoms with Crippen LogP contribution in [-0.2, 0) is 14.3 Å². The summed E-state index contributed by atoms with van der Waals surface area (Å²) >= 11 is 0. The number of allylic oxidation sites excluding steroid dienone is 1. The molecule has 0 N–H and O–H groups in total. The summed E-state index contributed by atoms with van der Waals surface area (Å²) < 4.78 is 4.65. The van der Waals surface area contributed by atoms with Crippen LogP contribution in [0.15, 0.2) is 12.2 Å². The number of esters is 1. The minimum Gasteiger partial charge on any atom is -0.461 e. The second kappa shape index (κ2) is 5.65. The Morgan fingerprint density at radius 3 is 2.55 bits per heavy atom.